The number of ether oxygens (including phenoxy) is 2. The van der Waals surface area contributed by atoms with Crippen molar-refractivity contribution in [3.8, 4) is 5.75 Å². The van der Waals surface area contributed by atoms with Gasteiger partial charge >= 0.3 is 5.97 Å². The molecule has 0 bridgehead atoms. The quantitative estimate of drug-likeness (QED) is 0.526. The monoisotopic (exact) mass is 324 g/mol. The molecule has 7 heteroatoms. The average Bonchev–Trinajstić information content (AvgIpc) is 2.99. The third-order valence-electron chi connectivity index (χ3n) is 3.31. The third-order valence-corrected chi connectivity index (χ3v) is 3.31. The van der Waals surface area contributed by atoms with Crippen molar-refractivity contribution < 1.29 is 14.3 Å². The highest BCUT2D eigenvalue weighted by atomic mass is 16.5. The van der Waals surface area contributed by atoms with Gasteiger partial charge in [-0.2, -0.15) is 0 Å². The van der Waals surface area contributed by atoms with Crippen LogP contribution in [0.15, 0.2) is 58.9 Å². The van der Waals surface area contributed by atoms with Gasteiger partial charge in [-0.1, -0.05) is 18.2 Å². The van der Waals surface area contributed by atoms with Crippen molar-refractivity contribution in [2.45, 2.75) is 6.92 Å². The van der Waals surface area contributed by atoms with Crippen LogP contribution in [0.2, 0.25) is 0 Å². The standard InChI is InChI=1S/C17H16N4O3/c1-3-24-17(22)15-16(21-11-7-6-10-14(21)18-15)20-19-12-8-4-5-9-13(12)23-2/h4-11H,3H2,1-2H3. The molecule has 0 atom stereocenters. The summed E-state index contributed by atoms with van der Waals surface area (Å²) in [6.07, 6.45) is 1.77. The lowest BCUT2D eigenvalue weighted by Gasteiger charge is -2.02. The first-order valence-corrected chi connectivity index (χ1v) is 7.43. The van der Waals surface area contributed by atoms with Gasteiger partial charge in [0, 0.05) is 6.20 Å². The molecule has 3 aromatic rings. The van der Waals surface area contributed by atoms with Crippen LogP contribution in [0.25, 0.3) is 5.65 Å². The molecule has 0 aliphatic carbocycles. The third kappa shape index (κ3) is 2.96. The number of methoxy groups -OCH3 is 1. The van der Waals surface area contributed by atoms with E-state index in [9.17, 15) is 4.79 Å². The fraction of sp³-hybridized carbons (Fsp3) is 0.176. The molecule has 0 fully saturated rings. The maximum absolute atomic E-state index is 12.1. The molecule has 2 aromatic heterocycles. The van der Waals surface area contributed by atoms with Crippen LogP contribution in [0.4, 0.5) is 11.5 Å². The molecule has 0 saturated carbocycles. The highest BCUT2D eigenvalue weighted by Crippen LogP contribution is 2.30. The number of carbonyl (C=O) groups is 1. The zero-order chi connectivity index (χ0) is 16.9. The minimum Gasteiger partial charge on any atom is -0.494 e. The second-order valence-corrected chi connectivity index (χ2v) is 4.81. The molecule has 122 valence electrons. The van der Waals surface area contributed by atoms with Gasteiger partial charge in [0.25, 0.3) is 0 Å². The van der Waals surface area contributed by atoms with Crippen LogP contribution in [0.5, 0.6) is 5.75 Å². The van der Waals surface area contributed by atoms with Crippen LogP contribution in [0.3, 0.4) is 0 Å². The second kappa shape index (κ2) is 6.91. The van der Waals surface area contributed by atoms with Crippen LogP contribution in [0, 0.1) is 0 Å². The average molecular weight is 324 g/mol. The lowest BCUT2D eigenvalue weighted by Crippen LogP contribution is -2.05. The van der Waals surface area contributed by atoms with Gasteiger partial charge in [0.05, 0.1) is 13.7 Å². The van der Waals surface area contributed by atoms with E-state index < -0.39 is 5.97 Å². The number of esters is 1. The fourth-order valence-electron chi connectivity index (χ4n) is 2.23. The van der Waals surface area contributed by atoms with Crippen LogP contribution in [-0.2, 0) is 4.74 Å². The first-order chi connectivity index (χ1) is 11.7. The molecule has 0 aliphatic heterocycles. The summed E-state index contributed by atoms with van der Waals surface area (Å²) in [6.45, 7) is 2.00. The number of para-hydroxylation sites is 1. The maximum Gasteiger partial charge on any atom is 0.360 e. The Hall–Kier alpha value is -3.22. The van der Waals surface area contributed by atoms with E-state index in [0.717, 1.165) is 0 Å². The summed E-state index contributed by atoms with van der Waals surface area (Å²) in [6, 6.07) is 12.7. The second-order valence-electron chi connectivity index (χ2n) is 4.81. The van der Waals surface area contributed by atoms with E-state index in [2.05, 4.69) is 15.2 Å². The minimum atomic E-state index is -0.532. The summed E-state index contributed by atoms with van der Waals surface area (Å²) in [5.74, 6) is 0.373. The number of hydrogen-bond donors (Lipinski definition) is 0. The number of carbonyl (C=O) groups excluding carboxylic acids is 1. The molecule has 7 nitrogen and oxygen atoms in total. The molecule has 24 heavy (non-hydrogen) atoms. The van der Waals surface area contributed by atoms with Crippen LogP contribution in [-0.4, -0.2) is 29.1 Å². The molecular weight excluding hydrogens is 308 g/mol. The molecule has 0 radical (unpaired) electrons. The molecule has 0 saturated heterocycles. The number of pyridine rings is 1. The van der Waals surface area contributed by atoms with Gasteiger partial charge in [0.15, 0.2) is 11.5 Å². The van der Waals surface area contributed by atoms with E-state index >= 15 is 0 Å². The Morgan fingerprint density at radius 1 is 1.17 bits per heavy atom. The van der Waals surface area contributed by atoms with E-state index in [-0.39, 0.29) is 12.3 Å². The Labute approximate surface area is 138 Å². The summed E-state index contributed by atoms with van der Waals surface area (Å²) >= 11 is 0. The summed E-state index contributed by atoms with van der Waals surface area (Å²) in [4.78, 5) is 16.4. The smallest absolute Gasteiger partial charge is 0.360 e. The van der Waals surface area contributed by atoms with Crippen molar-refractivity contribution in [3.63, 3.8) is 0 Å². The highest BCUT2D eigenvalue weighted by Gasteiger charge is 2.20. The topological polar surface area (TPSA) is 77.5 Å². The lowest BCUT2D eigenvalue weighted by molar-refractivity contribution is 0.0521. The summed E-state index contributed by atoms with van der Waals surface area (Å²) in [5, 5.41) is 8.43. The van der Waals surface area contributed by atoms with Crippen molar-refractivity contribution >= 4 is 23.1 Å². The van der Waals surface area contributed by atoms with Gasteiger partial charge in [0.1, 0.15) is 17.1 Å². The van der Waals surface area contributed by atoms with Gasteiger partial charge in [0.2, 0.25) is 0 Å². The maximum atomic E-state index is 12.1. The van der Waals surface area contributed by atoms with Gasteiger partial charge in [-0.3, -0.25) is 4.40 Å². The number of imidazole rings is 1. The van der Waals surface area contributed by atoms with Gasteiger partial charge in [-0.05, 0) is 31.2 Å². The van der Waals surface area contributed by atoms with E-state index in [0.29, 0.717) is 22.9 Å². The SMILES string of the molecule is CCOC(=O)c1nc2ccccn2c1N=Nc1ccccc1OC. The van der Waals surface area contributed by atoms with Gasteiger partial charge in [-0.25, -0.2) is 9.78 Å². The van der Waals surface area contributed by atoms with Gasteiger partial charge < -0.3 is 9.47 Å². The first kappa shape index (κ1) is 15.7. The Kier molecular flexibility index (Phi) is 4.51. The fourth-order valence-corrected chi connectivity index (χ4v) is 2.23. The number of benzene rings is 1. The van der Waals surface area contributed by atoms with E-state index in [4.69, 9.17) is 9.47 Å². The molecule has 0 N–H and O–H groups in total. The molecular formula is C17H16N4O3. The minimum absolute atomic E-state index is 0.127. The van der Waals surface area contributed by atoms with E-state index in [1.807, 2.05) is 24.3 Å². The van der Waals surface area contributed by atoms with E-state index in [1.54, 1.807) is 42.8 Å². The molecule has 3 rings (SSSR count). The van der Waals surface area contributed by atoms with Crippen LogP contribution >= 0.6 is 0 Å². The number of nitrogens with zero attached hydrogens (tertiary/aromatic N) is 4. The first-order valence-electron chi connectivity index (χ1n) is 7.43. The predicted octanol–water partition coefficient (Wildman–Crippen LogP) is 3.94. The molecule has 1 aromatic carbocycles. The summed E-state index contributed by atoms with van der Waals surface area (Å²) in [5.41, 5.74) is 1.27. The Bertz CT molecular complexity index is 902. The zero-order valence-electron chi connectivity index (χ0n) is 13.3. The summed E-state index contributed by atoms with van der Waals surface area (Å²) in [7, 11) is 1.56. The molecule has 0 aliphatic rings. The van der Waals surface area contributed by atoms with Gasteiger partial charge in [-0.15, -0.1) is 10.2 Å². The number of hydrogen-bond acceptors (Lipinski definition) is 6. The number of fused-ring (bicyclic) bond motifs is 1. The summed E-state index contributed by atoms with van der Waals surface area (Å²) < 4.78 is 12.0. The largest absolute Gasteiger partial charge is 0.494 e. The van der Waals surface area contributed by atoms with E-state index in [1.165, 1.54) is 0 Å². The highest BCUT2D eigenvalue weighted by molar-refractivity contribution is 5.93. The van der Waals surface area contributed by atoms with Crippen LogP contribution in [0.1, 0.15) is 17.4 Å². The van der Waals surface area contributed by atoms with Crippen molar-refractivity contribution in [2.75, 3.05) is 13.7 Å². The zero-order valence-corrected chi connectivity index (χ0v) is 13.3. The van der Waals surface area contributed by atoms with Crippen molar-refractivity contribution in [1.29, 1.82) is 0 Å². The molecule has 0 amide bonds. The number of aromatic nitrogens is 2. The number of azo groups is 1. The Morgan fingerprint density at radius 3 is 2.75 bits per heavy atom. The lowest BCUT2D eigenvalue weighted by atomic mass is 10.3. The Morgan fingerprint density at radius 2 is 1.96 bits per heavy atom. The van der Waals surface area contributed by atoms with Crippen molar-refractivity contribution in [2.24, 2.45) is 10.2 Å². The van der Waals surface area contributed by atoms with Crippen LogP contribution < -0.4 is 4.74 Å². The number of rotatable bonds is 5. The molecule has 0 spiro atoms. The molecule has 0 unspecified atom stereocenters. The molecule has 2 heterocycles. The van der Waals surface area contributed by atoms with Crippen molar-refractivity contribution in [1.82, 2.24) is 9.38 Å². The normalized spacial score (nSPS) is 11.1. The Balaban J connectivity index is 2.08. The van der Waals surface area contributed by atoms with Crippen molar-refractivity contribution in [3.05, 3.63) is 54.4 Å². The predicted molar refractivity (Wildman–Crippen MR) is 88.3 cm³/mol.